The quantitative estimate of drug-likeness (QED) is 0.567. The van der Waals surface area contributed by atoms with Crippen molar-refractivity contribution in [2.45, 2.75) is 25.1 Å². The molecule has 2 amide bonds. The lowest BCUT2D eigenvalue weighted by Gasteiger charge is -2.34. The number of nitrogens with one attached hydrogen (secondary N) is 1. The summed E-state index contributed by atoms with van der Waals surface area (Å²) in [7, 11) is 0. The van der Waals surface area contributed by atoms with Crippen molar-refractivity contribution >= 4 is 11.8 Å². The smallest absolute Gasteiger partial charge is 0.256 e. The fourth-order valence-electron chi connectivity index (χ4n) is 1.84. The van der Waals surface area contributed by atoms with E-state index in [-0.39, 0.29) is 6.23 Å². The van der Waals surface area contributed by atoms with E-state index in [0.29, 0.717) is 6.61 Å². The van der Waals surface area contributed by atoms with Gasteiger partial charge in [-0.15, -0.1) is 0 Å². The van der Waals surface area contributed by atoms with Crippen molar-refractivity contribution in [2.24, 2.45) is 5.73 Å². The van der Waals surface area contributed by atoms with Crippen LogP contribution in [0.1, 0.15) is 12.8 Å². The summed E-state index contributed by atoms with van der Waals surface area (Å²) in [5.74, 6) is -1.06. The van der Waals surface area contributed by atoms with Gasteiger partial charge in [-0.3, -0.25) is 9.59 Å². The summed E-state index contributed by atoms with van der Waals surface area (Å²) < 4.78 is 5.41. The summed E-state index contributed by atoms with van der Waals surface area (Å²) >= 11 is 0. The summed E-state index contributed by atoms with van der Waals surface area (Å²) in [6, 6.07) is -0.960. The van der Waals surface area contributed by atoms with Crippen LogP contribution < -0.4 is 11.1 Å². The lowest BCUT2D eigenvalue weighted by Crippen LogP contribution is -2.56. The zero-order valence-corrected chi connectivity index (χ0v) is 8.18. The van der Waals surface area contributed by atoms with Gasteiger partial charge in [0.15, 0.2) is 6.04 Å². The van der Waals surface area contributed by atoms with Crippen LogP contribution in [0.15, 0.2) is 12.4 Å². The highest BCUT2D eigenvalue weighted by Crippen LogP contribution is 2.20. The molecule has 6 heteroatoms. The molecule has 2 aliphatic rings. The Morgan fingerprint density at radius 1 is 1.67 bits per heavy atom. The number of rotatable bonds is 2. The van der Waals surface area contributed by atoms with Crippen LogP contribution in [0.4, 0.5) is 0 Å². The van der Waals surface area contributed by atoms with Gasteiger partial charge in [0.25, 0.3) is 5.91 Å². The first-order chi connectivity index (χ1) is 7.20. The third kappa shape index (κ3) is 1.80. The second-order valence-electron chi connectivity index (χ2n) is 3.54. The van der Waals surface area contributed by atoms with Gasteiger partial charge in [-0.1, -0.05) is 0 Å². The number of hydrogen-bond acceptors (Lipinski definition) is 4. The number of ether oxygens (including phenoxy) is 1. The van der Waals surface area contributed by atoms with Crippen molar-refractivity contribution < 1.29 is 14.3 Å². The van der Waals surface area contributed by atoms with Gasteiger partial charge in [0.05, 0.1) is 0 Å². The Kier molecular flexibility index (Phi) is 2.59. The minimum absolute atomic E-state index is 0.218. The number of primary amides is 1. The number of hydrogen-bond donors (Lipinski definition) is 2. The molecule has 6 nitrogen and oxygen atoms in total. The Morgan fingerprint density at radius 3 is 3.07 bits per heavy atom. The molecule has 0 bridgehead atoms. The minimum Gasteiger partial charge on any atom is -0.367 e. The lowest BCUT2D eigenvalue weighted by atomic mass is 10.1. The maximum atomic E-state index is 11.4. The van der Waals surface area contributed by atoms with Crippen LogP contribution >= 0.6 is 0 Å². The monoisotopic (exact) mass is 211 g/mol. The highest BCUT2D eigenvalue weighted by Gasteiger charge is 2.37. The number of nitrogens with zero attached hydrogens (tertiary/aromatic N) is 1. The Bertz CT molecular complexity index is 310. The third-order valence-electron chi connectivity index (χ3n) is 2.53. The van der Waals surface area contributed by atoms with Gasteiger partial charge >= 0.3 is 0 Å². The number of nitrogens with two attached hydrogens (primary N) is 1. The van der Waals surface area contributed by atoms with Gasteiger partial charge in [0, 0.05) is 19.0 Å². The molecule has 0 saturated carbocycles. The van der Waals surface area contributed by atoms with Crippen LogP contribution in [0.3, 0.4) is 0 Å². The first-order valence-corrected chi connectivity index (χ1v) is 4.85. The van der Waals surface area contributed by atoms with E-state index in [1.54, 1.807) is 11.1 Å². The van der Waals surface area contributed by atoms with Gasteiger partial charge in [0.2, 0.25) is 5.91 Å². The average Bonchev–Trinajstić information content (AvgIpc) is 2.69. The maximum absolute atomic E-state index is 11.4. The second kappa shape index (κ2) is 3.90. The van der Waals surface area contributed by atoms with Crippen molar-refractivity contribution in [3.05, 3.63) is 12.4 Å². The average molecular weight is 211 g/mol. The van der Waals surface area contributed by atoms with Crippen molar-refractivity contribution in [3.8, 4) is 0 Å². The molecule has 1 fully saturated rings. The van der Waals surface area contributed by atoms with Crippen LogP contribution in [-0.4, -0.2) is 35.6 Å². The van der Waals surface area contributed by atoms with E-state index in [4.69, 9.17) is 10.5 Å². The number of carbonyl (C=O) groups excluding carboxylic acids is 2. The number of amides is 2. The summed E-state index contributed by atoms with van der Waals surface area (Å²) in [6.45, 7) is 0.655. The highest BCUT2D eigenvalue weighted by atomic mass is 16.5. The van der Waals surface area contributed by atoms with Crippen molar-refractivity contribution in [3.63, 3.8) is 0 Å². The minimum atomic E-state index is -0.960. The Morgan fingerprint density at radius 2 is 2.47 bits per heavy atom. The fourth-order valence-corrected chi connectivity index (χ4v) is 1.84. The molecule has 0 aromatic rings. The van der Waals surface area contributed by atoms with Gasteiger partial charge in [0.1, 0.15) is 6.23 Å². The predicted molar refractivity (Wildman–Crippen MR) is 51.1 cm³/mol. The molecule has 2 unspecified atom stereocenters. The van der Waals surface area contributed by atoms with Crippen LogP contribution in [0.25, 0.3) is 0 Å². The summed E-state index contributed by atoms with van der Waals surface area (Å²) in [5, 5.41) is 2.45. The van der Waals surface area contributed by atoms with E-state index in [0.717, 1.165) is 12.8 Å². The molecule has 3 N–H and O–H groups in total. The molecule has 1 saturated heterocycles. The van der Waals surface area contributed by atoms with E-state index in [2.05, 4.69) is 5.32 Å². The van der Waals surface area contributed by atoms with Crippen LogP contribution in [0, 0.1) is 0 Å². The van der Waals surface area contributed by atoms with E-state index in [9.17, 15) is 9.59 Å². The SMILES string of the molecule is NC(=O)C1C(=O)NC=CN1C1CCCO1. The molecule has 2 aliphatic heterocycles. The van der Waals surface area contributed by atoms with Crippen molar-refractivity contribution in [2.75, 3.05) is 6.61 Å². The zero-order valence-electron chi connectivity index (χ0n) is 8.18. The molecule has 2 rings (SSSR count). The topological polar surface area (TPSA) is 84.7 Å². The highest BCUT2D eigenvalue weighted by molar-refractivity contribution is 6.04. The summed E-state index contributed by atoms with van der Waals surface area (Å²) in [6.07, 6.45) is 4.64. The van der Waals surface area contributed by atoms with E-state index in [1.165, 1.54) is 6.20 Å². The predicted octanol–water partition coefficient (Wildman–Crippen LogP) is -1.12. The molecule has 0 radical (unpaired) electrons. The molecule has 0 spiro atoms. The van der Waals surface area contributed by atoms with E-state index >= 15 is 0 Å². The standard InChI is InChI=1S/C9H13N3O3/c10-8(13)7-9(14)11-3-4-12(7)6-2-1-5-15-6/h3-4,6-7H,1-2,5H2,(H2,10,13)(H,11,14). The molecule has 0 aromatic heterocycles. The molecular weight excluding hydrogens is 198 g/mol. The molecule has 0 aliphatic carbocycles. The van der Waals surface area contributed by atoms with Crippen molar-refractivity contribution in [1.29, 1.82) is 0 Å². The van der Waals surface area contributed by atoms with Gasteiger partial charge in [-0.25, -0.2) is 0 Å². The molecule has 82 valence electrons. The van der Waals surface area contributed by atoms with Crippen molar-refractivity contribution in [1.82, 2.24) is 10.2 Å². The van der Waals surface area contributed by atoms with E-state index in [1.807, 2.05) is 0 Å². The summed E-state index contributed by atoms with van der Waals surface area (Å²) in [5.41, 5.74) is 5.18. The normalized spacial score (nSPS) is 30.4. The van der Waals surface area contributed by atoms with Gasteiger partial charge in [-0.2, -0.15) is 0 Å². The molecule has 2 atom stereocenters. The van der Waals surface area contributed by atoms with Crippen LogP contribution in [-0.2, 0) is 14.3 Å². The molecule has 15 heavy (non-hydrogen) atoms. The molecule has 2 heterocycles. The first-order valence-electron chi connectivity index (χ1n) is 4.85. The van der Waals surface area contributed by atoms with Gasteiger partial charge in [-0.05, 0) is 12.8 Å². The van der Waals surface area contributed by atoms with Crippen LogP contribution in [0.5, 0.6) is 0 Å². The Hall–Kier alpha value is -1.56. The Labute approximate surface area is 87.0 Å². The Balaban J connectivity index is 2.19. The lowest BCUT2D eigenvalue weighted by molar-refractivity contribution is -0.139. The largest absolute Gasteiger partial charge is 0.367 e. The fraction of sp³-hybridized carbons (Fsp3) is 0.556. The zero-order chi connectivity index (χ0) is 10.8. The second-order valence-corrected chi connectivity index (χ2v) is 3.54. The molecular formula is C9H13N3O3. The third-order valence-corrected chi connectivity index (χ3v) is 2.53. The molecule has 0 aromatic carbocycles. The van der Waals surface area contributed by atoms with Gasteiger partial charge < -0.3 is 20.7 Å². The van der Waals surface area contributed by atoms with Crippen LogP contribution in [0.2, 0.25) is 0 Å². The summed E-state index contributed by atoms with van der Waals surface area (Å²) in [4.78, 5) is 24.2. The first kappa shape index (κ1) is 9.97. The van der Waals surface area contributed by atoms with E-state index < -0.39 is 17.9 Å². The maximum Gasteiger partial charge on any atom is 0.256 e. The number of carbonyl (C=O) groups is 2.